The summed E-state index contributed by atoms with van der Waals surface area (Å²) in [6, 6.07) is 6.57. The number of hydrogen-bond acceptors (Lipinski definition) is 0. The Balaban J connectivity index is 3.00. The number of rotatable bonds is 0. The van der Waals surface area contributed by atoms with Crippen molar-refractivity contribution in [3.63, 3.8) is 0 Å². The van der Waals surface area contributed by atoms with Crippen LogP contribution in [0.5, 0.6) is 0 Å². The molecule has 1 heteroatoms. The molecule has 0 aliphatic carbocycles. The molecule has 0 bridgehead atoms. The SMILES string of the molecule is CC1=c2c(C)cccc2=C[AsH]1. The maximum atomic E-state index is 2.43. The van der Waals surface area contributed by atoms with E-state index in [0.717, 1.165) is 0 Å². The summed E-state index contributed by atoms with van der Waals surface area (Å²) in [6.07, 6.45) is 0. The zero-order valence-electron chi connectivity index (χ0n) is 6.81. The first kappa shape index (κ1) is 7.18. The Morgan fingerprint density at radius 3 is 2.73 bits per heavy atom. The number of benzene rings is 1. The van der Waals surface area contributed by atoms with E-state index in [1.807, 2.05) is 0 Å². The van der Waals surface area contributed by atoms with Gasteiger partial charge in [-0.1, -0.05) is 0 Å². The Morgan fingerprint density at radius 2 is 2.00 bits per heavy atom. The van der Waals surface area contributed by atoms with Crippen LogP contribution in [0.2, 0.25) is 0 Å². The van der Waals surface area contributed by atoms with Gasteiger partial charge in [-0.3, -0.25) is 0 Å². The molecule has 1 aliphatic rings. The number of aryl methyl sites for hydroxylation is 1. The first-order valence-electron chi connectivity index (χ1n) is 3.82. The number of fused-ring (bicyclic) bond motifs is 1. The van der Waals surface area contributed by atoms with Crippen LogP contribution in [-0.4, -0.2) is 15.8 Å². The van der Waals surface area contributed by atoms with Crippen molar-refractivity contribution in [2.75, 3.05) is 0 Å². The molecule has 56 valence electrons. The van der Waals surface area contributed by atoms with Crippen LogP contribution in [0.3, 0.4) is 0 Å². The fourth-order valence-corrected chi connectivity index (χ4v) is 3.89. The topological polar surface area (TPSA) is 0 Å². The fourth-order valence-electron chi connectivity index (χ4n) is 1.58. The quantitative estimate of drug-likeness (QED) is 0.536. The van der Waals surface area contributed by atoms with E-state index in [1.54, 1.807) is 4.36 Å². The molecule has 0 N–H and O–H groups in total. The van der Waals surface area contributed by atoms with E-state index in [-0.39, 0.29) is 15.8 Å². The zero-order chi connectivity index (χ0) is 7.84. The van der Waals surface area contributed by atoms with Gasteiger partial charge in [-0.05, 0) is 0 Å². The summed E-state index contributed by atoms with van der Waals surface area (Å²) >= 11 is 0.0999. The van der Waals surface area contributed by atoms with E-state index in [2.05, 4.69) is 36.9 Å². The molecule has 11 heavy (non-hydrogen) atoms. The Kier molecular flexibility index (Phi) is 1.65. The number of hydrogen-bond donors (Lipinski definition) is 0. The van der Waals surface area contributed by atoms with E-state index < -0.39 is 0 Å². The Morgan fingerprint density at radius 1 is 1.18 bits per heavy atom. The summed E-state index contributed by atoms with van der Waals surface area (Å²) < 4.78 is 1.64. The minimum absolute atomic E-state index is 0.0999. The average Bonchev–Trinajstić information content (AvgIpc) is 2.34. The standard InChI is InChI=1S/C10H11As/c1-7-4-3-5-9-6-11-8(2)10(7)9/h3-6,11H,1-2H3. The molecule has 1 unspecified atom stereocenters. The van der Waals surface area contributed by atoms with Crippen LogP contribution in [0.25, 0.3) is 9.22 Å². The molecule has 0 fully saturated rings. The van der Waals surface area contributed by atoms with Gasteiger partial charge in [0.1, 0.15) is 0 Å². The predicted molar refractivity (Wildman–Crippen MR) is 51.1 cm³/mol. The molecule has 0 spiro atoms. The van der Waals surface area contributed by atoms with Crippen LogP contribution in [0.15, 0.2) is 18.2 Å². The van der Waals surface area contributed by atoms with Gasteiger partial charge in [-0.2, -0.15) is 0 Å². The van der Waals surface area contributed by atoms with Crippen molar-refractivity contribution in [3.05, 3.63) is 34.2 Å². The van der Waals surface area contributed by atoms with Crippen LogP contribution < -0.4 is 10.4 Å². The summed E-state index contributed by atoms with van der Waals surface area (Å²) in [5.74, 6) is 0. The molecule has 1 atom stereocenters. The van der Waals surface area contributed by atoms with Gasteiger partial charge < -0.3 is 0 Å². The van der Waals surface area contributed by atoms with Crippen molar-refractivity contribution in [1.82, 2.24) is 0 Å². The monoisotopic (exact) mass is 206 g/mol. The van der Waals surface area contributed by atoms with Gasteiger partial charge in [0.25, 0.3) is 0 Å². The molecule has 0 radical (unpaired) electrons. The van der Waals surface area contributed by atoms with Gasteiger partial charge in [0.15, 0.2) is 0 Å². The maximum absolute atomic E-state index is 2.43. The van der Waals surface area contributed by atoms with E-state index in [9.17, 15) is 0 Å². The van der Waals surface area contributed by atoms with Crippen molar-refractivity contribution in [2.24, 2.45) is 0 Å². The van der Waals surface area contributed by atoms with Crippen molar-refractivity contribution >= 4 is 25.0 Å². The second-order valence-corrected chi connectivity index (χ2v) is 5.74. The van der Waals surface area contributed by atoms with E-state index in [1.165, 1.54) is 16.0 Å². The Bertz CT molecular complexity index is 401. The molecule has 1 aliphatic heterocycles. The van der Waals surface area contributed by atoms with Crippen molar-refractivity contribution in [3.8, 4) is 0 Å². The van der Waals surface area contributed by atoms with Gasteiger partial charge >= 0.3 is 73.0 Å². The first-order chi connectivity index (χ1) is 5.29. The molecule has 2 rings (SSSR count). The summed E-state index contributed by atoms with van der Waals surface area (Å²) in [5, 5.41) is 3.01. The van der Waals surface area contributed by atoms with Crippen LogP contribution in [0.1, 0.15) is 12.5 Å². The summed E-state index contributed by atoms with van der Waals surface area (Å²) in [7, 11) is 0. The van der Waals surface area contributed by atoms with Gasteiger partial charge in [0.05, 0.1) is 0 Å². The molecule has 1 aromatic rings. The van der Waals surface area contributed by atoms with Crippen molar-refractivity contribution in [2.45, 2.75) is 13.8 Å². The normalized spacial score (nSPS) is 16.7. The molecule has 1 heterocycles. The molecule has 0 amide bonds. The molecular formula is C10H11As. The van der Waals surface area contributed by atoms with Crippen molar-refractivity contribution < 1.29 is 0 Å². The van der Waals surface area contributed by atoms with Crippen LogP contribution in [-0.2, 0) is 0 Å². The first-order valence-corrected chi connectivity index (χ1v) is 6.08. The van der Waals surface area contributed by atoms with Crippen LogP contribution in [0.4, 0.5) is 0 Å². The van der Waals surface area contributed by atoms with Gasteiger partial charge in [-0.15, -0.1) is 0 Å². The van der Waals surface area contributed by atoms with E-state index in [0.29, 0.717) is 0 Å². The molecular weight excluding hydrogens is 195 g/mol. The molecule has 0 saturated carbocycles. The summed E-state index contributed by atoms with van der Waals surface area (Å²) in [5.41, 5.74) is 1.44. The minimum atomic E-state index is 0.0999. The predicted octanol–water partition coefficient (Wildman–Crippen LogP) is 0.311. The Hall–Kier alpha value is -0.482. The fraction of sp³-hybridized carbons (Fsp3) is 0.200. The molecule has 0 nitrogen and oxygen atoms in total. The second-order valence-electron chi connectivity index (χ2n) is 2.95. The Labute approximate surface area is 73.3 Å². The average molecular weight is 206 g/mol. The third-order valence-corrected chi connectivity index (χ3v) is 4.51. The third kappa shape index (κ3) is 1.06. The van der Waals surface area contributed by atoms with Gasteiger partial charge in [-0.25, -0.2) is 0 Å². The van der Waals surface area contributed by atoms with Gasteiger partial charge in [0.2, 0.25) is 0 Å². The molecule has 0 aromatic heterocycles. The van der Waals surface area contributed by atoms with Crippen LogP contribution >= 0.6 is 0 Å². The van der Waals surface area contributed by atoms with E-state index >= 15 is 0 Å². The summed E-state index contributed by atoms with van der Waals surface area (Å²) in [4.78, 5) is 2.43. The molecule has 0 saturated heterocycles. The zero-order valence-corrected chi connectivity index (χ0v) is 8.91. The van der Waals surface area contributed by atoms with Gasteiger partial charge in [0, 0.05) is 0 Å². The van der Waals surface area contributed by atoms with Crippen molar-refractivity contribution in [1.29, 1.82) is 0 Å². The summed E-state index contributed by atoms with van der Waals surface area (Å²) in [6.45, 7) is 4.48. The molecule has 1 aromatic carbocycles. The second kappa shape index (κ2) is 2.53. The van der Waals surface area contributed by atoms with Crippen LogP contribution in [0, 0.1) is 6.92 Å². The third-order valence-electron chi connectivity index (χ3n) is 2.12. The van der Waals surface area contributed by atoms with E-state index in [4.69, 9.17) is 0 Å².